The van der Waals surface area contributed by atoms with Crippen molar-refractivity contribution in [2.45, 2.75) is 19.3 Å². The van der Waals surface area contributed by atoms with Crippen LogP contribution in [0.15, 0.2) is 24.3 Å². The molecule has 0 saturated carbocycles. The maximum atomic E-state index is 6.12. The molecule has 6 heteroatoms. The molecule has 1 aliphatic heterocycles. The maximum absolute atomic E-state index is 6.12. The van der Waals surface area contributed by atoms with Gasteiger partial charge in [-0.05, 0) is 50.4 Å². The molecule has 114 valence electrons. The van der Waals surface area contributed by atoms with Crippen molar-refractivity contribution in [3.63, 3.8) is 0 Å². The summed E-state index contributed by atoms with van der Waals surface area (Å²) >= 11 is 6.12. The number of nitrogens with one attached hydrogen (secondary N) is 1. The molecule has 1 N–H and O–H groups in total. The molecule has 21 heavy (non-hydrogen) atoms. The third kappa shape index (κ3) is 4.19. The number of nitrogens with zero attached hydrogens (tertiary/aromatic N) is 2. The monoisotopic (exact) mass is 327 g/mol. The Bertz CT molecular complexity index is 588. The molecule has 0 radical (unpaired) electrons. The van der Waals surface area contributed by atoms with Gasteiger partial charge in [0.25, 0.3) is 5.88 Å². The number of fused-ring (bicyclic) bond motifs is 1. The number of hydrogen-bond acceptors (Lipinski definition) is 4. The first kappa shape index (κ1) is 16.3. The third-order valence-corrected chi connectivity index (χ3v) is 3.97. The molecule has 4 nitrogen and oxygen atoms in total. The van der Waals surface area contributed by atoms with Crippen LogP contribution >= 0.6 is 24.0 Å². The molecule has 1 aromatic carbocycles. The second kappa shape index (κ2) is 7.78. The first-order chi connectivity index (χ1) is 9.83. The van der Waals surface area contributed by atoms with E-state index >= 15 is 0 Å². The lowest BCUT2D eigenvalue weighted by molar-refractivity contribution is 0.245. The molecule has 1 aliphatic rings. The standard InChI is InChI=1S/C15H18ClN3O.ClH/c16-14-15(19-13-4-2-1-3-12(13)18-14)20-10-7-11-5-8-17-9-6-11;/h1-4,11,17H,5-10H2;1H. The Morgan fingerprint density at radius 2 is 1.81 bits per heavy atom. The second-order valence-electron chi connectivity index (χ2n) is 5.14. The minimum atomic E-state index is 0. The minimum absolute atomic E-state index is 0. The Balaban J connectivity index is 0.00000161. The van der Waals surface area contributed by atoms with Gasteiger partial charge in [-0.3, -0.25) is 0 Å². The summed E-state index contributed by atoms with van der Waals surface area (Å²) in [5.41, 5.74) is 1.61. The molecule has 0 bridgehead atoms. The molecule has 2 aromatic rings. The highest BCUT2D eigenvalue weighted by atomic mass is 35.5. The van der Waals surface area contributed by atoms with E-state index < -0.39 is 0 Å². The van der Waals surface area contributed by atoms with Gasteiger partial charge in [-0.25, -0.2) is 9.97 Å². The fourth-order valence-corrected chi connectivity index (χ4v) is 2.73. The van der Waals surface area contributed by atoms with Crippen molar-refractivity contribution < 1.29 is 4.74 Å². The molecule has 1 aromatic heterocycles. The van der Waals surface area contributed by atoms with Crippen LogP contribution in [0.3, 0.4) is 0 Å². The van der Waals surface area contributed by atoms with Crippen molar-refractivity contribution in [2.24, 2.45) is 5.92 Å². The Hall–Kier alpha value is -1.10. The fraction of sp³-hybridized carbons (Fsp3) is 0.467. The van der Waals surface area contributed by atoms with Gasteiger partial charge < -0.3 is 10.1 Å². The zero-order valence-electron chi connectivity index (χ0n) is 11.7. The van der Waals surface area contributed by atoms with Crippen LogP contribution in [0, 0.1) is 5.92 Å². The van der Waals surface area contributed by atoms with Crippen LogP contribution in [-0.4, -0.2) is 29.7 Å². The summed E-state index contributed by atoms with van der Waals surface area (Å²) < 4.78 is 5.72. The summed E-state index contributed by atoms with van der Waals surface area (Å²) in [6.45, 7) is 2.87. The summed E-state index contributed by atoms with van der Waals surface area (Å²) in [6, 6.07) is 7.67. The molecule has 0 aliphatic carbocycles. The van der Waals surface area contributed by atoms with Gasteiger partial charge >= 0.3 is 0 Å². The van der Waals surface area contributed by atoms with E-state index in [1.807, 2.05) is 24.3 Å². The van der Waals surface area contributed by atoms with E-state index in [1.54, 1.807) is 0 Å². The zero-order chi connectivity index (χ0) is 13.8. The number of ether oxygens (including phenoxy) is 1. The number of halogens is 2. The van der Waals surface area contributed by atoms with Crippen molar-refractivity contribution in [1.29, 1.82) is 0 Å². The first-order valence-electron chi connectivity index (χ1n) is 7.09. The Labute approximate surface area is 135 Å². The van der Waals surface area contributed by atoms with Crippen LogP contribution in [0.2, 0.25) is 5.15 Å². The SMILES string of the molecule is Cl.Clc1nc2ccccc2nc1OCCC1CCNCC1. The van der Waals surface area contributed by atoms with Crippen molar-refractivity contribution in [3.8, 4) is 5.88 Å². The van der Waals surface area contributed by atoms with Crippen LogP contribution in [0.25, 0.3) is 11.0 Å². The summed E-state index contributed by atoms with van der Waals surface area (Å²) in [5.74, 6) is 1.18. The van der Waals surface area contributed by atoms with Gasteiger partial charge in [0.15, 0.2) is 5.15 Å². The lowest BCUT2D eigenvalue weighted by Crippen LogP contribution is -2.28. The molecular weight excluding hydrogens is 309 g/mol. The van der Waals surface area contributed by atoms with Gasteiger partial charge in [-0.15, -0.1) is 12.4 Å². The van der Waals surface area contributed by atoms with Gasteiger partial charge in [0.1, 0.15) is 0 Å². The Morgan fingerprint density at radius 3 is 2.52 bits per heavy atom. The largest absolute Gasteiger partial charge is 0.475 e. The summed E-state index contributed by atoms with van der Waals surface area (Å²) in [4.78, 5) is 8.74. The van der Waals surface area contributed by atoms with Crippen LogP contribution in [0.4, 0.5) is 0 Å². The molecule has 0 spiro atoms. The van der Waals surface area contributed by atoms with E-state index in [2.05, 4.69) is 15.3 Å². The molecule has 1 saturated heterocycles. The Morgan fingerprint density at radius 1 is 1.14 bits per heavy atom. The van der Waals surface area contributed by atoms with Gasteiger partial charge in [-0.1, -0.05) is 23.7 Å². The predicted molar refractivity (Wildman–Crippen MR) is 87.5 cm³/mol. The number of hydrogen-bond donors (Lipinski definition) is 1. The zero-order valence-corrected chi connectivity index (χ0v) is 13.3. The number of piperidine rings is 1. The molecule has 3 rings (SSSR count). The molecule has 0 atom stereocenters. The predicted octanol–water partition coefficient (Wildman–Crippen LogP) is 3.47. The van der Waals surface area contributed by atoms with Gasteiger partial charge in [0.2, 0.25) is 0 Å². The van der Waals surface area contributed by atoms with Crippen LogP contribution in [0.5, 0.6) is 5.88 Å². The quantitative estimate of drug-likeness (QED) is 0.933. The van der Waals surface area contributed by atoms with E-state index in [4.69, 9.17) is 16.3 Å². The maximum Gasteiger partial charge on any atom is 0.252 e. The lowest BCUT2D eigenvalue weighted by Gasteiger charge is -2.22. The summed E-state index contributed by atoms with van der Waals surface area (Å²) in [7, 11) is 0. The van der Waals surface area contributed by atoms with Crippen molar-refractivity contribution in [1.82, 2.24) is 15.3 Å². The molecule has 2 heterocycles. The number of para-hydroxylation sites is 2. The number of rotatable bonds is 4. The van der Waals surface area contributed by atoms with Gasteiger partial charge in [0, 0.05) is 0 Å². The second-order valence-corrected chi connectivity index (χ2v) is 5.50. The van der Waals surface area contributed by atoms with Crippen LogP contribution in [-0.2, 0) is 0 Å². The minimum Gasteiger partial charge on any atom is -0.475 e. The Kier molecular flexibility index (Phi) is 6.03. The molecule has 1 fully saturated rings. The molecule has 0 amide bonds. The van der Waals surface area contributed by atoms with Crippen molar-refractivity contribution >= 4 is 35.0 Å². The van der Waals surface area contributed by atoms with E-state index in [0.717, 1.165) is 36.5 Å². The van der Waals surface area contributed by atoms with Crippen LogP contribution in [0.1, 0.15) is 19.3 Å². The summed E-state index contributed by atoms with van der Waals surface area (Å²) in [5, 5.41) is 3.71. The topological polar surface area (TPSA) is 47.0 Å². The normalized spacial score (nSPS) is 15.7. The van der Waals surface area contributed by atoms with E-state index in [0.29, 0.717) is 17.6 Å². The fourth-order valence-electron chi connectivity index (χ4n) is 2.55. The van der Waals surface area contributed by atoms with Gasteiger partial charge in [-0.2, -0.15) is 0 Å². The van der Waals surface area contributed by atoms with Crippen LogP contribution < -0.4 is 10.1 Å². The smallest absolute Gasteiger partial charge is 0.252 e. The van der Waals surface area contributed by atoms with Crippen molar-refractivity contribution in [3.05, 3.63) is 29.4 Å². The lowest BCUT2D eigenvalue weighted by atomic mass is 9.95. The van der Waals surface area contributed by atoms with E-state index in [1.165, 1.54) is 12.8 Å². The third-order valence-electron chi connectivity index (χ3n) is 3.72. The highest BCUT2D eigenvalue weighted by Gasteiger charge is 2.14. The molecular formula is C15H19Cl2N3O. The summed E-state index contributed by atoms with van der Waals surface area (Å²) in [6.07, 6.45) is 3.49. The molecule has 0 unspecified atom stereocenters. The highest BCUT2D eigenvalue weighted by Crippen LogP contribution is 2.24. The van der Waals surface area contributed by atoms with Crippen molar-refractivity contribution in [2.75, 3.05) is 19.7 Å². The van der Waals surface area contributed by atoms with Gasteiger partial charge in [0.05, 0.1) is 17.6 Å². The average molecular weight is 328 g/mol. The average Bonchev–Trinajstić information content (AvgIpc) is 2.49. The first-order valence-corrected chi connectivity index (χ1v) is 7.46. The van der Waals surface area contributed by atoms with E-state index in [9.17, 15) is 0 Å². The number of aromatic nitrogens is 2. The number of benzene rings is 1. The highest BCUT2D eigenvalue weighted by molar-refractivity contribution is 6.31. The van der Waals surface area contributed by atoms with E-state index in [-0.39, 0.29) is 12.4 Å².